The molecule has 0 saturated carbocycles. The predicted molar refractivity (Wildman–Crippen MR) is 92.2 cm³/mol. The van der Waals surface area contributed by atoms with Gasteiger partial charge in [0.2, 0.25) is 0 Å². The van der Waals surface area contributed by atoms with Gasteiger partial charge in [0.15, 0.2) is 0 Å². The Morgan fingerprint density at radius 1 is 0.619 bits per heavy atom. The summed E-state index contributed by atoms with van der Waals surface area (Å²) in [7, 11) is 0. The van der Waals surface area contributed by atoms with Crippen LogP contribution < -0.4 is 0 Å². The lowest BCUT2D eigenvalue weighted by atomic mass is 10.3. The number of aliphatic hydroxyl groups excluding tert-OH is 2. The van der Waals surface area contributed by atoms with Crippen LogP contribution in [0.1, 0.15) is 35.8 Å². The summed E-state index contributed by atoms with van der Waals surface area (Å²) in [6, 6.07) is 12.4. The highest BCUT2D eigenvalue weighted by Crippen LogP contribution is 2.41. The molecule has 0 fully saturated rings. The van der Waals surface area contributed by atoms with Crippen LogP contribution in [0.5, 0.6) is 0 Å². The minimum atomic E-state index is -0.408. The van der Waals surface area contributed by atoms with Crippen molar-refractivity contribution in [2.75, 3.05) is 0 Å². The van der Waals surface area contributed by atoms with Gasteiger partial charge in [-0.15, -0.1) is 34.0 Å². The second-order valence-electron chi connectivity index (χ2n) is 4.92. The molecule has 110 valence electrons. The first-order valence-electron chi connectivity index (χ1n) is 6.71. The Morgan fingerprint density at radius 2 is 0.952 bits per heavy atom. The lowest BCUT2D eigenvalue weighted by Gasteiger charge is -1.97. The minimum absolute atomic E-state index is 0.408. The fourth-order valence-corrected chi connectivity index (χ4v) is 5.10. The van der Waals surface area contributed by atoms with Gasteiger partial charge in [-0.2, -0.15) is 0 Å². The van der Waals surface area contributed by atoms with Crippen LogP contribution in [0.4, 0.5) is 0 Å². The summed E-state index contributed by atoms with van der Waals surface area (Å²) in [6.45, 7) is 3.58. The van der Waals surface area contributed by atoms with E-state index in [4.69, 9.17) is 0 Å². The van der Waals surface area contributed by atoms with Crippen molar-refractivity contribution in [2.45, 2.75) is 26.1 Å². The molecule has 0 aliphatic rings. The van der Waals surface area contributed by atoms with Crippen LogP contribution in [-0.4, -0.2) is 10.2 Å². The van der Waals surface area contributed by atoms with E-state index in [0.29, 0.717) is 0 Å². The summed E-state index contributed by atoms with van der Waals surface area (Å²) in [5, 5.41) is 19.2. The quantitative estimate of drug-likeness (QED) is 0.677. The van der Waals surface area contributed by atoms with E-state index in [1.807, 2.05) is 12.1 Å². The molecule has 3 aromatic heterocycles. The van der Waals surface area contributed by atoms with Crippen molar-refractivity contribution in [1.82, 2.24) is 0 Å². The van der Waals surface area contributed by atoms with Gasteiger partial charge in [0.25, 0.3) is 0 Å². The maximum atomic E-state index is 9.61. The van der Waals surface area contributed by atoms with Crippen molar-refractivity contribution in [3.63, 3.8) is 0 Å². The minimum Gasteiger partial charge on any atom is -0.388 e. The zero-order chi connectivity index (χ0) is 15.0. The first-order valence-corrected chi connectivity index (χ1v) is 9.15. The first-order chi connectivity index (χ1) is 10.0. The van der Waals surface area contributed by atoms with Gasteiger partial charge < -0.3 is 10.2 Å². The topological polar surface area (TPSA) is 40.5 Å². The zero-order valence-corrected chi connectivity index (χ0v) is 14.2. The molecule has 0 amide bonds. The molecule has 0 radical (unpaired) electrons. The van der Waals surface area contributed by atoms with Crippen molar-refractivity contribution in [3.8, 4) is 19.5 Å². The van der Waals surface area contributed by atoms with E-state index < -0.39 is 12.2 Å². The standard InChI is InChI=1S/C16H16O2S3/c1-9(17)11-3-5-13(19-11)15-7-8-16(21-15)14-6-4-12(20-14)10(2)18/h3-10,17-18H,1-2H3. The summed E-state index contributed by atoms with van der Waals surface area (Å²) in [4.78, 5) is 6.80. The number of aliphatic hydroxyl groups is 2. The Morgan fingerprint density at radius 3 is 1.29 bits per heavy atom. The third-order valence-corrected chi connectivity index (χ3v) is 7.16. The molecule has 0 spiro atoms. The maximum Gasteiger partial charge on any atom is 0.0854 e. The monoisotopic (exact) mass is 336 g/mol. The lowest BCUT2D eigenvalue weighted by molar-refractivity contribution is 0.203. The molecule has 0 aliphatic heterocycles. The third kappa shape index (κ3) is 3.12. The fraction of sp³-hybridized carbons (Fsp3) is 0.250. The van der Waals surface area contributed by atoms with Crippen molar-refractivity contribution in [2.24, 2.45) is 0 Å². The van der Waals surface area contributed by atoms with Gasteiger partial charge in [0.05, 0.1) is 12.2 Å². The molecule has 5 heteroatoms. The fourth-order valence-electron chi connectivity index (χ4n) is 2.02. The summed E-state index contributed by atoms with van der Waals surface area (Å²) < 4.78 is 0. The average molecular weight is 337 g/mol. The van der Waals surface area contributed by atoms with Gasteiger partial charge in [0.1, 0.15) is 0 Å². The van der Waals surface area contributed by atoms with E-state index in [-0.39, 0.29) is 0 Å². The molecule has 2 atom stereocenters. The largest absolute Gasteiger partial charge is 0.388 e. The maximum absolute atomic E-state index is 9.61. The van der Waals surface area contributed by atoms with E-state index in [1.54, 1.807) is 47.9 Å². The Labute approximate surface area is 136 Å². The molecule has 0 bridgehead atoms. The van der Waals surface area contributed by atoms with E-state index >= 15 is 0 Å². The SMILES string of the molecule is CC(O)c1ccc(-c2ccc(-c3ccc(C(C)O)s3)s2)s1. The number of thiophene rings is 3. The summed E-state index contributed by atoms with van der Waals surface area (Å²) >= 11 is 5.02. The molecular formula is C16H16O2S3. The second-order valence-corrected chi connectivity index (χ2v) is 8.23. The average Bonchev–Trinajstić information content (AvgIpc) is 3.18. The van der Waals surface area contributed by atoms with Crippen LogP contribution >= 0.6 is 34.0 Å². The van der Waals surface area contributed by atoms with E-state index in [1.165, 1.54) is 19.5 Å². The Bertz CT molecular complexity index is 673. The Kier molecular flexibility index (Phi) is 4.28. The molecule has 2 unspecified atom stereocenters. The third-order valence-electron chi connectivity index (χ3n) is 3.17. The van der Waals surface area contributed by atoms with Gasteiger partial charge in [-0.1, -0.05) is 0 Å². The highest BCUT2D eigenvalue weighted by Gasteiger charge is 2.12. The normalized spacial score (nSPS) is 14.3. The highest BCUT2D eigenvalue weighted by molar-refractivity contribution is 7.26. The highest BCUT2D eigenvalue weighted by atomic mass is 32.1. The molecule has 3 heterocycles. The zero-order valence-electron chi connectivity index (χ0n) is 11.7. The van der Waals surface area contributed by atoms with Crippen LogP contribution in [0.25, 0.3) is 19.5 Å². The summed E-state index contributed by atoms with van der Waals surface area (Å²) in [6.07, 6.45) is -0.817. The summed E-state index contributed by atoms with van der Waals surface area (Å²) in [5.41, 5.74) is 0. The van der Waals surface area contributed by atoms with E-state index in [0.717, 1.165) is 9.75 Å². The van der Waals surface area contributed by atoms with Crippen LogP contribution in [0, 0.1) is 0 Å². The first kappa shape index (κ1) is 14.9. The molecule has 0 aliphatic carbocycles. The number of hydrogen-bond donors (Lipinski definition) is 2. The lowest BCUT2D eigenvalue weighted by Crippen LogP contribution is -1.83. The van der Waals surface area contributed by atoms with Crippen LogP contribution in [-0.2, 0) is 0 Å². The van der Waals surface area contributed by atoms with Crippen molar-refractivity contribution >= 4 is 34.0 Å². The van der Waals surface area contributed by atoms with Gasteiger partial charge in [-0.25, -0.2) is 0 Å². The number of rotatable bonds is 4. The Hall–Kier alpha value is -0.980. The van der Waals surface area contributed by atoms with Gasteiger partial charge >= 0.3 is 0 Å². The van der Waals surface area contributed by atoms with Crippen LogP contribution in [0.2, 0.25) is 0 Å². The second kappa shape index (κ2) is 6.02. The molecule has 2 nitrogen and oxygen atoms in total. The number of hydrogen-bond acceptors (Lipinski definition) is 5. The molecule has 21 heavy (non-hydrogen) atoms. The van der Waals surface area contributed by atoms with E-state index in [2.05, 4.69) is 24.3 Å². The molecular weight excluding hydrogens is 320 g/mol. The van der Waals surface area contributed by atoms with Crippen molar-refractivity contribution in [3.05, 3.63) is 46.2 Å². The van der Waals surface area contributed by atoms with Crippen LogP contribution in [0.15, 0.2) is 36.4 Å². The van der Waals surface area contributed by atoms with Crippen LogP contribution in [0.3, 0.4) is 0 Å². The molecule has 3 rings (SSSR count). The molecule has 0 saturated heterocycles. The van der Waals surface area contributed by atoms with Gasteiger partial charge in [-0.3, -0.25) is 0 Å². The van der Waals surface area contributed by atoms with Gasteiger partial charge in [-0.05, 0) is 50.2 Å². The Balaban J connectivity index is 1.88. The van der Waals surface area contributed by atoms with Gasteiger partial charge in [0, 0.05) is 29.3 Å². The summed E-state index contributed by atoms with van der Waals surface area (Å²) in [5.74, 6) is 0. The molecule has 0 aromatic carbocycles. The predicted octanol–water partition coefficient (Wildman–Crippen LogP) is 5.31. The van der Waals surface area contributed by atoms with Crippen molar-refractivity contribution in [1.29, 1.82) is 0 Å². The van der Waals surface area contributed by atoms with Crippen molar-refractivity contribution < 1.29 is 10.2 Å². The smallest absolute Gasteiger partial charge is 0.0854 e. The molecule has 3 aromatic rings. The van der Waals surface area contributed by atoms with E-state index in [9.17, 15) is 10.2 Å². The molecule has 2 N–H and O–H groups in total.